The second-order valence-corrected chi connectivity index (χ2v) is 5.68. The van der Waals surface area contributed by atoms with Gasteiger partial charge in [-0.25, -0.2) is 0 Å². The van der Waals surface area contributed by atoms with Gasteiger partial charge in [0.1, 0.15) is 0 Å². The van der Waals surface area contributed by atoms with E-state index in [0.717, 1.165) is 17.1 Å². The lowest BCUT2D eigenvalue weighted by atomic mass is 10.0. The number of alkyl halides is 3. The highest BCUT2D eigenvalue weighted by molar-refractivity contribution is 7.98. The minimum atomic E-state index is -4.10. The molecule has 0 saturated carbocycles. The molecule has 0 aliphatic carbocycles. The Morgan fingerprint density at radius 1 is 1.39 bits per heavy atom. The third kappa shape index (κ3) is 3.65. The van der Waals surface area contributed by atoms with Gasteiger partial charge in [-0.2, -0.15) is 24.9 Å². The summed E-state index contributed by atoms with van der Waals surface area (Å²) in [6, 6.07) is 7.44. The smallest absolute Gasteiger partial charge is 0.306 e. The molecule has 1 aliphatic heterocycles. The maximum Gasteiger partial charge on any atom is 0.390 e. The van der Waals surface area contributed by atoms with Crippen molar-refractivity contribution in [3.8, 4) is 0 Å². The maximum atomic E-state index is 12.3. The van der Waals surface area contributed by atoms with Gasteiger partial charge in [0.15, 0.2) is 0 Å². The molecule has 1 heterocycles. The van der Waals surface area contributed by atoms with Crippen LogP contribution in [0, 0.1) is 0 Å². The molecule has 5 heteroatoms. The number of rotatable bonds is 3. The number of thioether (sulfide) groups is 1. The Kier molecular flexibility index (Phi) is 4.22. The van der Waals surface area contributed by atoms with Crippen LogP contribution in [0.5, 0.6) is 0 Å². The minimum absolute atomic E-state index is 0.0253. The van der Waals surface area contributed by atoms with Crippen LogP contribution in [0.15, 0.2) is 24.3 Å². The van der Waals surface area contributed by atoms with E-state index in [-0.39, 0.29) is 6.04 Å². The molecule has 0 aromatic heterocycles. The van der Waals surface area contributed by atoms with Crippen LogP contribution in [0.4, 0.5) is 13.2 Å². The fraction of sp³-hybridized carbons (Fsp3) is 0.538. The summed E-state index contributed by atoms with van der Waals surface area (Å²) in [5.74, 6) is 1.78. The van der Waals surface area contributed by atoms with Crippen molar-refractivity contribution >= 4 is 11.8 Å². The van der Waals surface area contributed by atoms with Crippen LogP contribution in [-0.4, -0.2) is 18.0 Å². The van der Waals surface area contributed by atoms with Crippen molar-refractivity contribution in [2.45, 2.75) is 37.4 Å². The summed E-state index contributed by atoms with van der Waals surface area (Å²) >= 11 is 1.76. The topological polar surface area (TPSA) is 12.0 Å². The Labute approximate surface area is 109 Å². The lowest BCUT2D eigenvalue weighted by Gasteiger charge is -2.29. The average Bonchev–Trinajstić information content (AvgIpc) is 2.27. The molecule has 0 saturated heterocycles. The molecule has 2 rings (SSSR count). The maximum absolute atomic E-state index is 12.3. The van der Waals surface area contributed by atoms with Crippen LogP contribution in [0.1, 0.15) is 30.5 Å². The second kappa shape index (κ2) is 5.53. The molecule has 2 unspecified atom stereocenters. The van der Waals surface area contributed by atoms with E-state index in [0.29, 0.717) is 0 Å². The fourth-order valence-corrected chi connectivity index (χ4v) is 3.38. The van der Waals surface area contributed by atoms with Crippen LogP contribution in [-0.2, 0) is 5.75 Å². The van der Waals surface area contributed by atoms with E-state index in [1.165, 1.54) is 5.56 Å². The lowest BCUT2D eigenvalue weighted by molar-refractivity contribution is -0.139. The second-order valence-electron chi connectivity index (χ2n) is 4.65. The first-order valence-corrected chi connectivity index (χ1v) is 7.09. The summed E-state index contributed by atoms with van der Waals surface area (Å²) in [5, 5.41) is 3.09. The number of nitrogens with one attached hydrogen (secondary N) is 1. The van der Waals surface area contributed by atoms with Crippen molar-refractivity contribution < 1.29 is 13.2 Å². The van der Waals surface area contributed by atoms with Gasteiger partial charge in [-0.1, -0.05) is 24.3 Å². The highest BCUT2D eigenvalue weighted by atomic mass is 32.2. The van der Waals surface area contributed by atoms with Crippen molar-refractivity contribution in [1.82, 2.24) is 5.32 Å². The largest absolute Gasteiger partial charge is 0.390 e. The van der Waals surface area contributed by atoms with Gasteiger partial charge in [-0.3, -0.25) is 0 Å². The van der Waals surface area contributed by atoms with Gasteiger partial charge in [0.2, 0.25) is 0 Å². The zero-order valence-corrected chi connectivity index (χ0v) is 10.9. The summed E-state index contributed by atoms with van der Waals surface area (Å²) in [4.78, 5) is 0. The standard InChI is InChI=1S/C13H16F3NS/c1-9(6-13(14,15)16)17-12-8-18-7-10-4-2-3-5-11(10)12/h2-5,9,12,17H,6-8H2,1H3. The van der Waals surface area contributed by atoms with Gasteiger partial charge in [-0.05, 0) is 18.1 Å². The van der Waals surface area contributed by atoms with Gasteiger partial charge in [0.05, 0.1) is 6.42 Å². The Bertz CT molecular complexity index is 405. The van der Waals surface area contributed by atoms with Crippen molar-refractivity contribution in [1.29, 1.82) is 0 Å². The molecular formula is C13H16F3NS. The van der Waals surface area contributed by atoms with E-state index in [1.807, 2.05) is 24.3 Å². The highest BCUT2D eigenvalue weighted by Crippen LogP contribution is 2.32. The van der Waals surface area contributed by atoms with Gasteiger partial charge >= 0.3 is 6.18 Å². The molecule has 0 spiro atoms. The molecule has 0 fully saturated rings. The average molecular weight is 275 g/mol. The number of halogens is 3. The van der Waals surface area contributed by atoms with Crippen molar-refractivity contribution in [2.75, 3.05) is 5.75 Å². The van der Waals surface area contributed by atoms with Gasteiger partial charge in [0, 0.05) is 23.6 Å². The molecular weight excluding hydrogens is 259 g/mol. The first-order valence-electron chi connectivity index (χ1n) is 5.94. The number of hydrogen-bond acceptors (Lipinski definition) is 2. The minimum Gasteiger partial charge on any atom is -0.306 e. The lowest BCUT2D eigenvalue weighted by Crippen LogP contribution is -2.36. The van der Waals surface area contributed by atoms with Crippen LogP contribution in [0.2, 0.25) is 0 Å². The Morgan fingerprint density at radius 2 is 2.11 bits per heavy atom. The normalized spacial score (nSPS) is 21.4. The van der Waals surface area contributed by atoms with Crippen LogP contribution >= 0.6 is 11.8 Å². The van der Waals surface area contributed by atoms with Crippen molar-refractivity contribution in [3.05, 3.63) is 35.4 Å². The summed E-state index contributed by atoms with van der Waals surface area (Å²) in [6.45, 7) is 1.59. The molecule has 18 heavy (non-hydrogen) atoms. The fourth-order valence-electron chi connectivity index (χ4n) is 2.27. The van der Waals surface area contributed by atoms with E-state index >= 15 is 0 Å². The van der Waals surface area contributed by atoms with Gasteiger partial charge in [-0.15, -0.1) is 0 Å². The van der Waals surface area contributed by atoms with Gasteiger partial charge in [0.25, 0.3) is 0 Å². The molecule has 1 N–H and O–H groups in total. The molecule has 100 valence electrons. The van der Waals surface area contributed by atoms with Crippen LogP contribution in [0.3, 0.4) is 0 Å². The molecule has 0 amide bonds. The quantitative estimate of drug-likeness (QED) is 0.897. The molecule has 1 nitrogen and oxygen atoms in total. The molecule has 1 aromatic carbocycles. The van der Waals surface area contributed by atoms with Crippen LogP contribution in [0.25, 0.3) is 0 Å². The highest BCUT2D eigenvalue weighted by Gasteiger charge is 2.31. The van der Waals surface area contributed by atoms with E-state index in [2.05, 4.69) is 5.32 Å². The monoisotopic (exact) mass is 275 g/mol. The number of fused-ring (bicyclic) bond motifs is 1. The Morgan fingerprint density at radius 3 is 2.83 bits per heavy atom. The van der Waals surface area contributed by atoms with Gasteiger partial charge < -0.3 is 5.32 Å². The molecule has 1 aliphatic rings. The zero-order chi connectivity index (χ0) is 13.2. The third-order valence-electron chi connectivity index (χ3n) is 3.00. The summed E-state index contributed by atoms with van der Waals surface area (Å²) in [6.07, 6.45) is -4.88. The summed E-state index contributed by atoms with van der Waals surface area (Å²) in [7, 11) is 0. The molecule has 0 radical (unpaired) electrons. The molecule has 1 aromatic rings. The first-order chi connectivity index (χ1) is 8.46. The zero-order valence-electron chi connectivity index (χ0n) is 10.1. The summed E-state index contributed by atoms with van der Waals surface area (Å²) in [5.41, 5.74) is 2.37. The van der Waals surface area contributed by atoms with E-state index < -0.39 is 18.6 Å². The SMILES string of the molecule is CC(CC(F)(F)F)NC1CSCc2ccccc21. The first kappa shape index (κ1) is 13.7. The third-order valence-corrected chi connectivity index (χ3v) is 4.08. The summed E-state index contributed by atoms with van der Waals surface area (Å²) < 4.78 is 36.9. The Hall–Kier alpha value is -0.680. The Balaban J connectivity index is 2.03. The van der Waals surface area contributed by atoms with E-state index in [9.17, 15) is 13.2 Å². The van der Waals surface area contributed by atoms with Crippen molar-refractivity contribution in [3.63, 3.8) is 0 Å². The molecule has 0 bridgehead atoms. The van der Waals surface area contributed by atoms with Crippen LogP contribution < -0.4 is 5.32 Å². The van der Waals surface area contributed by atoms with E-state index in [1.54, 1.807) is 18.7 Å². The number of hydrogen-bond donors (Lipinski definition) is 1. The predicted molar refractivity (Wildman–Crippen MR) is 68.6 cm³/mol. The number of benzene rings is 1. The predicted octanol–water partition coefficient (Wildman–Crippen LogP) is 3.91. The molecule has 2 atom stereocenters. The van der Waals surface area contributed by atoms with Crippen molar-refractivity contribution in [2.24, 2.45) is 0 Å². The van der Waals surface area contributed by atoms with E-state index in [4.69, 9.17) is 0 Å².